The highest BCUT2D eigenvalue weighted by Gasteiger charge is 2.29. The van der Waals surface area contributed by atoms with Crippen molar-refractivity contribution in [1.82, 2.24) is 4.98 Å². The summed E-state index contributed by atoms with van der Waals surface area (Å²) in [6.07, 6.45) is 5.35. The Balaban J connectivity index is 1.58. The van der Waals surface area contributed by atoms with Crippen LogP contribution in [0.25, 0.3) is 17.3 Å². The van der Waals surface area contributed by atoms with E-state index in [1.807, 2.05) is 59.0 Å². The number of ether oxygens (including phenoxy) is 1. The minimum atomic E-state index is -0.358. The second kappa shape index (κ2) is 9.32. The molecule has 1 unspecified atom stereocenters. The Kier molecular flexibility index (Phi) is 5.91. The molecule has 0 radical (unpaired) electrons. The predicted octanol–water partition coefficient (Wildman–Crippen LogP) is 4.10. The Hall–Kier alpha value is -4.25. The molecule has 5 heteroatoms. The van der Waals surface area contributed by atoms with Crippen LogP contribution in [0.1, 0.15) is 23.7 Å². The van der Waals surface area contributed by atoms with E-state index in [0.29, 0.717) is 24.5 Å². The summed E-state index contributed by atoms with van der Waals surface area (Å²) in [7, 11) is 0. The van der Waals surface area contributed by atoms with Crippen molar-refractivity contribution in [3.63, 3.8) is 0 Å². The Bertz CT molecular complexity index is 1450. The average Bonchev–Trinajstić information content (AvgIpc) is 3.16. The summed E-state index contributed by atoms with van der Waals surface area (Å²) < 4.78 is 7.01. The quantitative estimate of drug-likeness (QED) is 0.273. The van der Waals surface area contributed by atoms with E-state index in [1.54, 1.807) is 12.1 Å². The van der Waals surface area contributed by atoms with Gasteiger partial charge in [-0.05, 0) is 41.8 Å². The van der Waals surface area contributed by atoms with Gasteiger partial charge in [0.15, 0.2) is 0 Å². The van der Waals surface area contributed by atoms with Crippen molar-refractivity contribution in [2.75, 3.05) is 0 Å². The number of nitrogens with zero attached hydrogens (tertiary/aromatic N) is 2. The van der Waals surface area contributed by atoms with Crippen molar-refractivity contribution < 1.29 is 18.9 Å². The normalized spacial score (nSPS) is 14.4. The maximum atomic E-state index is 11.2. The first-order valence-electron chi connectivity index (χ1n) is 11.3. The van der Waals surface area contributed by atoms with Crippen LogP contribution < -0.4 is 14.3 Å². The van der Waals surface area contributed by atoms with Crippen molar-refractivity contribution in [2.24, 2.45) is 5.92 Å². The first-order chi connectivity index (χ1) is 16.6. The van der Waals surface area contributed by atoms with Gasteiger partial charge in [-0.25, -0.2) is 4.98 Å². The van der Waals surface area contributed by atoms with Crippen LogP contribution in [0.15, 0.2) is 91.1 Å². The molecule has 1 aromatic heterocycles. The zero-order chi connectivity index (χ0) is 23.5. The second-order valence-corrected chi connectivity index (χ2v) is 8.43. The number of esters is 1. The molecule has 1 aliphatic rings. The zero-order valence-corrected chi connectivity index (χ0v) is 18.9. The number of carbonyl (C=O) groups excluding carboxylic acids is 1. The van der Waals surface area contributed by atoms with Crippen LogP contribution in [-0.4, -0.2) is 16.1 Å². The molecule has 5 nitrogen and oxygen atoms in total. The number of benzene rings is 3. The fourth-order valence-corrected chi connectivity index (χ4v) is 4.31. The van der Waals surface area contributed by atoms with Gasteiger partial charge < -0.3 is 9.84 Å². The molecule has 0 aliphatic carbocycles. The summed E-state index contributed by atoms with van der Waals surface area (Å²) in [5.74, 6) is 0.303. The molecule has 5 rings (SSSR count). The van der Waals surface area contributed by atoms with E-state index < -0.39 is 0 Å². The third-order valence-electron chi connectivity index (χ3n) is 5.92. The second-order valence-electron chi connectivity index (χ2n) is 8.43. The number of hydrogen-bond acceptors (Lipinski definition) is 4. The molecular formula is C29H25N2O3+. The van der Waals surface area contributed by atoms with Crippen LogP contribution >= 0.6 is 0 Å². The molecule has 2 heterocycles. The van der Waals surface area contributed by atoms with Crippen molar-refractivity contribution in [3.8, 4) is 17.0 Å². The molecule has 1 aliphatic heterocycles. The van der Waals surface area contributed by atoms with E-state index in [2.05, 4.69) is 30.3 Å². The molecule has 0 fully saturated rings. The first-order valence-corrected chi connectivity index (χ1v) is 11.3. The third kappa shape index (κ3) is 4.59. The lowest BCUT2D eigenvalue weighted by Gasteiger charge is -2.05. The Morgan fingerprint density at radius 2 is 1.59 bits per heavy atom. The highest BCUT2D eigenvalue weighted by Crippen LogP contribution is 2.22. The summed E-state index contributed by atoms with van der Waals surface area (Å²) in [6.45, 7) is 1.38. The number of aromatic nitrogens is 2. The number of fused-ring (bicyclic) bond motifs is 1. The number of carbonyl (C=O) groups is 1. The van der Waals surface area contributed by atoms with Crippen molar-refractivity contribution >= 4 is 12.0 Å². The summed E-state index contributed by atoms with van der Waals surface area (Å²) in [6, 6.07) is 27.6. The average molecular weight is 450 g/mol. The summed E-state index contributed by atoms with van der Waals surface area (Å²) in [4.78, 5) is 16.2. The molecule has 34 heavy (non-hydrogen) atoms. The molecule has 0 spiro atoms. The van der Waals surface area contributed by atoms with E-state index >= 15 is 0 Å². The highest BCUT2D eigenvalue weighted by atomic mass is 16.5. The molecule has 0 amide bonds. The Morgan fingerprint density at radius 3 is 2.24 bits per heavy atom. The fourth-order valence-electron chi connectivity index (χ4n) is 4.31. The van der Waals surface area contributed by atoms with Gasteiger partial charge in [-0.1, -0.05) is 60.7 Å². The summed E-state index contributed by atoms with van der Waals surface area (Å²) in [5.41, 5.74) is 4.83. The smallest absolute Gasteiger partial charge is 0.353 e. The predicted molar refractivity (Wildman–Crippen MR) is 129 cm³/mol. The number of aliphatic hydroxyl groups is 1. The van der Waals surface area contributed by atoms with E-state index in [0.717, 1.165) is 27.9 Å². The first kappa shape index (κ1) is 21.6. The lowest BCUT2D eigenvalue weighted by atomic mass is 9.99. The van der Waals surface area contributed by atoms with Crippen LogP contribution in [0.3, 0.4) is 0 Å². The standard InChI is InChI=1S/C29H24N2O3/c1-20(32)34-25-14-12-23(13-15-25)27-19-31-28(26(30-27)17-22-10-6-3-7-11-22)18-24(29(31)33)16-21-8-4-2-5-9-21/h2-15,18-19,24H,16-17H2,1H3/p+1. The maximum Gasteiger partial charge on any atom is 0.353 e. The molecule has 168 valence electrons. The minimum absolute atomic E-state index is 0.125. The van der Waals surface area contributed by atoms with Crippen molar-refractivity contribution in [2.45, 2.75) is 19.8 Å². The molecule has 0 bridgehead atoms. The SMILES string of the molecule is CC(=O)Oc1ccc(-c2c[n+]3c(c(Cc4ccccc4)n2)=CC(Cc2ccccc2)C=3O)cc1. The molecular weight excluding hydrogens is 424 g/mol. The monoisotopic (exact) mass is 449 g/mol. The third-order valence-corrected chi connectivity index (χ3v) is 5.92. The van der Waals surface area contributed by atoms with Crippen LogP contribution in [-0.2, 0) is 17.6 Å². The van der Waals surface area contributed by atoms with Crippen molar-refractivity contribution in [1.29, 1.82) is 0 Å². The fraction of sp³-hybridized carbons (Fsp3) is 0.138. The number of rotatable bonds is 6. The molecule has 1 N–H and O–H groups in total. The van der Waals surface area contributed by atoms with Gasteiger partial charge >= 0.3 is 11.9 Å². The van der Waals surface area contributed by atoms with Crippen LogP contribution in [0.2, 0.25) is 0 Å². The lowest BCUT2D eigenvalue weighted by Crippen LogP contribution is -2.41. The van der Waals surface area contributed by atoms with Gasteiger partial charge in [-0.15, -0.1) is 4.24 Å². The van der Waals surface area contributed by atoms with Crippen LogP contribution in [0.5, 0.6) is 5.75 Å². The van der Waals surface area contributed by atoms with Gasteiger partial charge in [0.25, 0.3) is 0 Å². The zero-order valence-electron chi connectivity index (χ0n) is 18.9. The van der Waals surface area contributed by atoms with E-state index in [9.17, 15) is 9.90 Å². The summed E-state index contributed by atoms with van der Waals surface area (Å²) in [5, 5.41) is 12.1. The number of hydrogen-bond donors (Lipinski definition) is 1. The Morgan fingerprint density at radius 1 is 0.941 bits per heavy atom. The maximum absolute atomic E-state index is 11.2. The van der Waals surface area contributed by atoms with Crippen LogP contribution in [0.4, 0.5) is 0 Å². The molecule has 0 saturated carbocycles. The van der Waals surface area contributed by atoms with Crippen molar-refractivity contribution in [3.05, 3.63) is 119 Å². The van der Waals surface area contributed by atoms with Gasteiger partial charge in [-0.3, -0.25) is 4.79 Å². The largest absolute Gasteiger partial charge is 0.462 e. The molecule has 1 atom stereocenters. The minimum Gasteiger partial charge on any atom is -0.462 e. The highest BCUT2D eigenvalue weighted by molar-refractivity contribution is 5.70. The van der Waals surface area contributed by atoms with Gasteiger partial charge in [0.1, 0.15) is 23.1 Å². The van der Waals surface area contributed by atoms with Gasteiger partial charge in [-0.2, -0.15) is 0 Å². The van der Waals surface area contributed by atoms with E-state index in [-0.39, 0.29) is 11.9 Å². The van der Waals surface area contributed by atoms with Crippen LogP contribution in [0, 0.1) is 11.8 Å². The van der Waals surface area contributed by atoms with E-state index in [4.69, 9.17) is 9.72 Å². The van der Waals surface area contributed by atoms with Gasteiger partial charge in [0, 0.05) is 25.0 Å². The van der Waals surface area contributed by atoms with E-state index in [1.165, 1.54) is 12.5 Å². The van der Waals surface area contributed by atoms with Gasteiger partial charge in [0.2, 0.25) is 11.5 Å². The van der Waals surface area contributed by atoms with Gasteiger partial charge in [0.05, 0.1) is 0 Å². The number of aliphatic hydroxyl groups excluding tert-OH is 1. The summed E-state index contributed by atoms with van der Waals surface area (Å²) >= 11 is 0. The molecule has 0 saturated heterocycles. The molecule has 3 aromatic carbocycles. The Labute approximate surface area is 198 Å². The topological polar surface area (TPSA) is 65.3 Å². The lowest BCUT2D eigenvalue weighted by molar-refractivity contribution is -0.556. The molecule has 4 aromatic rings.